The molecule has 9 heteroatoms. The molecule has 4 rings (SSSR count). The Labute approximate surface area is 180 Å². The van der Waals surface area contributed by atoms with Crippen molar-refractivity contribution in [2.24, 2.45) is 0 Å². The fourth-order valence-corrected chi connectivity index (χ4v) is 5.37. The van der Waals surface area contributed by atoms with Gasteiger partial charge in [0.15, 0.2) is 0 Å². The van der Waals surface area contributed by atoms with E-state index in [0.29, 0.717) is 24.3 Å². The van der Waals surface area contributed by atoms with Gasteiger partial charge in [-0.1, -0.05) is 12.8 Å². The second-order valence-electron chi connectivity index (χ2n) is 7.73. The van der Waals surface area contributed by atoms with Gasteiger partial charge >= 0.3 is 0 Å². The average molecular weight is 442 g/mol. The molecule has 1 N–H and O–H groups in total. The Balaban J connectivity index is 1.49. The predicted molar refractivity (Wildman–Crippen MR) is 114 cm³/mol. The zero-order valence-electron chi connectivity index (χ0n) is 17.1. The lowest BCUT2D eigenvalue weighted by molar-refractivity contribution is 0.0692. The van der Waals surface area contributed by atoms with Crippen LogP contribution in [-0.4, -0.2) is 55.5 Å². The highest BCUT2D eigenvalue weighted by molar-refractivity contribution is 7.89. The monoisotopic (exact) mass is 441 g/mol. The summed E-state index contributed by atoms with van der Waals surface area (Å²) >= 11 is 0. The molecular weight excluding hydrogens is 418 g/mol. The maximum Gasteiger partial charge on any atom is 0.261 e. The van der Waals surface area contributed by atoms with Crippen LogP contribution in [-0.2, 0) is 10.0 Å². The van der Waals surface area contributed by atoms with Crippen molar-refractivity contribution in [3.63, 3.8) is 0 Å². The number of carbonyl (C=O) groups excluding carboxylic acids is 3. The van der Waals surface area contributed by atoms with E-state index in [9.17, 15) is 22.8 Å². The second-order valence-corrected chi connectivity index (χ2v) is 9.66. The number of hydrogen-bond acceptors (Lipinski definition) is 5. The van der Waals surface area contributed by atoms with E-state index < -0.39 is 21.8 Å². The predicted octanol–water partition coefficient (Wildman–Crippen LogP) is 2.73. The molecule has 0 atom stereocenters. The van der Waals surface area contributed by atoms with Crippen LogP contribution in [0.1, 0.15) is 56.8 Å². The van der Waals surface area contributed by atoms with Crippen molar-refractivity contribution in [1.82, 2.24) is 9.21 Å². The largest absolute Gasteiger partial charge is 0.322 e. The SMILES string of the molecule is CN1C(=O)c2ccc(NC(=O)c3ccc(S(=O)(=O)N4CCCCCC4)cc3)cc2C1=O. The lowest BCUT2D eigenvalue weighted by atomic mass is 10.1. The molecule has 0 unspecified atom stereocenters. The number of anilines is 1. The highest BCUT2D eigenvalue weighted by atomic mass is 32.2. The van der Waals surface area contributed by atoms with Crippen LogP contribution >= 0.6 is 0 Å². The molecular formula is C22H23N3O5S. The molecule has 0 aliphatic carbocycles. The number of nitrogens with zero attached hydrogens (tertiary/aromatic N) is 2. The van der Waals surface area contributed by atoms with Crippen LogP contribution in [0.15, 0.2) is 47.4 Å². The molecule has 162 valence electrons. The van der Waals surface area contributed by atoms with Gasteiger partial charge in [-0.25, -0.2) is 8.42 Å². The van der Waals surface area contributed by atoms with Crippen LogP contribution in [0.4, 0.5) is 5.69 Å². The van der Waals surface area contributed by atoms with Gasteiger partial charge < -0.3 is 5.32 Å². The van der Waals surface area contributed by atoms with E-state index in [1.807, 2.05) is 0 Å². The van der Waals surface area contributed by atoms with Crippen molar-refractivity contribution < 1.29 is 22.8 Å². The fraction of sp³-hybridized carbons (Fsp3) is 0.318. The van der Waals surface area contributed by atoms with E-state index in [1.165, 1.54) is 47.8 Å². The van der Waals surface area contributed by atoms with Crippen LogP contribution in [0, 0.1) is 0 Å². The van der Waals surface area contributed by atoms with Gasteiger partial charge in [-0.3, -0.25) is 19.3 Å². The normalized spacial score (nSPS) is 17.4. The number of imide groups is 1. The Hall–Kier alpha value is -3.04. The number of carbonyl (C=O) groups is 3. The lowest BCUT2D eigenvalue weighted by Crippen LogP contribution is -2.31. The quantitative estimate of drug-likeness (QED) is 0.735. The smallest absolute Gasteiger partial charge is 0.261 e. The zero-order chi connectivity index (χ0) is 22.2. The van der Waals surface area contributed by atoms with Crippen molar-refractivity contribution in [3.8, 4) is 0 Å². The Morgan fingerprint density at radius 3 is 2.13 bits per heavy atom. The summed E-state index contributed by atoms with van der Waals surface area (Å²) < 4.78 is 27.2. The third-order valence-corrected chi connectivity index (χ3v) is 7.58. The minimum atomic E-state index is -3.58. The van der Waals surface area contributed by atoms with Gasteiger partial charge in [0.25, 0.3) is 17.7 Å². The van der Waals surface area contributed by atoms with Crippen LogP contribution in [0.5, 0.6) is 0 Å². The zero-order valence-corrected chi connectivity index (χ0v) is 17.9. The number of sulfonamides is 1. The number of nitrogens with one attached hydrogen (secondary N) is 1. The van der Waals surface area contributed by atoms with Crippen molar-refractivity contribution >= 4 is 33.4 Å². The average Bonchev–Trinajstić information content (AvgIpc) is 2.98. The number of fused-ring (bicyclic) bond motifs is 1. The van der Waals surface area contributed by atoms with Gasteiger partial charge in [-0.2, -0.15) is 4.31 Å². The fourth-order valence-electron chi connectivity index (χ4n) is 3.85. The standard InChI is InChI=1S/C22H23N3O5S/c1-24-21(27)18-11-8-16(14-19(18)22(24)28)23-20(26)15-6-9-17(10-7-15)31(29,30)25-12-4-2-3-5-13-25/h6-11,14H,2-5,12-13H2,1H3,(H,23,26). The maximum atomic E-state index is 12.9. The molecule has 31 heavy (non-hydrogen) atoms. The molecule has 0 spiro atoms. The molecule has 2 aromatic rings. The van der Waals surface area contributed by atoms with E-state index in [1.54, 1.807) is 6.07 Å². The molecule has 2 aromatic carbocycles. The molecule has 2 aliphatic rings. The summed E-state index contributed by atoms with van der Waals surface area (Å²) in [7, 11) is -2.18. The Bertz CT molecular complexity index is 1150. The summed E-state index contributed by atoms with van der Waals surface area (Å²) in [6, 6.07) is 10.3. The minimum absolute atomic E-state index is 0.163. The molecule has 0 radical (unpaired) electrons. The topological polar surface area (TPSA) is 104 Å². The van der Waals surface area contributed by atoms with Crippen molar-refractivity contribution in [1.29, 1.82) is 0 Å². The first kappa shape index (κ1) is 21.2. The number of rotatable bonds is 4. The van der Waals surface area contributed by atoms with E-state index >= 15 is 0 Å². The molecule has 2 aliphatic heterocycles. The first-order chi connectivity index (χ1) is 14.8. The summed E-state index contributed by atoms with van der Waals surface area (Å²) in [4.78, 5) is 37.9. The molecule has 0 bridgehead atoms. The summed E-state index contributed by atoms with van der Waals surface area (Å²) in [5.41, 5.74) is 1.20. The van der Waals surface area contributed by atoms with Crippen LogP contribution in [0.3, 0.4) is 0 Å². The van der Waals surface area contributed by atoms with Crippen LogP contribution in [0.25, 0.3) is 0 Å². The third kappa shape index (κ3) is 3.98. The number of amides is 3. The molecule has 8 nitrogen and oxygen atoms in total. The van der Waals surface area contributed by atoms with Crippen LogP contribution < -0.4 is 5.32 Å². The molecule has 1 fully saturated rings. The van der Waals surface area contributed by atoms with Gasteiger partial charge in [0.2, 0.25) is 10.0 Å². The number of benzene rings is 2. The third-order valence-electron chi connectivity index (χ3n) is 5.67. The maximum absolute atomic E-state index is 12.9. The van der Waals surface area contributed by atoms with E-state index in [2.05, 4.69) is 5.32 Å². The summed E-state index contributed by atoms with van der Waals surface area (Å²) in [5.74, 6) is -1.23. The highest BCUT2D eigenvalue weighted by Gasteiger charge is 2.33. The van der Waals surface area contributed by atoms with Gasteiger partial charge in [0.05, 0.1) is 16.0 Å². The molecule has 3 amide bonds. The molecule has 1 saturated heterocycles. The minimum Gasteiger partial charge on any atom is -0.322 e. The van der Waals surface area contributed by atoms with E-state index in [4.69, 9.17) is 0 Å². The summed E-state index contributed by atoms with van der Waals surface area (Å²) in [6.07, 6.45) is 3.77. The van der Waals surface area contributed by atoms with Crippen LogP contribution in [0.2, 0.25) is 0 Å². The lowest BCUT2D eigenvalue weighted by Gasteiger charge is -2.20. The van der Waals surface area contributed by atoms with Gasteiger partial charge in [0, 0.05) is 31.4 Å². The van der Waals surface area contributed by atoms with E-state index in [0.717, 1.165) is 30.6 Å². The number of hydrogen-bond donors (Lipinski definition) is 1. The molecule has 0 saturated carbocycles. The summed E-state index contributed by atoms with van der Waals surface area (Å²) in [5, 5.41) is 2.69. The van der Waals surface area contributed by atoms with Gasteiger partial charge in [-0.05, 0) is 55.3 Å². The Morgan fingerprint density at radius 2 is 1.48 bits per heavy atom. The first-order valence-electron chi connectivity index (χ1n) is 10.2. The van der Waals surface area contributed by atoms with Gasteiger partial charge in [-0.15, -0.1) is 0 Å². The van der Waals surface area contributed by atoms with E-state index in [-0.39, 0.29) is 21.9 Å². The molecule has 0 aromatic heterocycles. The second kappa shape index (κ2) is 8.24. The van der Waals surface area contributed by atoms with Crippen molar-refractivity contribution in [2.45, 2.75) is 30.6 Å². The van der Waals surface area contributed by atoms with Crippen molar-refractivity contribution in [2.75, 3.05) is 25.5 Å². The van der Waals surface area contributed by atoms with Gasteiger partial charge in [0.1, 0.15) is 0 Å². The highest BCUT2D eigenvalue weighted by Crippen LogP contribution is 2.25. The Kier molecular flexibility index (Phi) is 5.63. The summed E-state index contributed by atoms with van der Waals surface area (Å²) in [6.45, 7) is 1.03. The first-order valence-corrected chi connectivity index (χ1v) is 11.6. The Morgan fingerprint density at radius 1 is 0.871 bits per heavy atom. The molecule has 2 heterocycles. The van der Waals surface area contributed by atoms with Crippen molar-refractivity contribution in [3.05, 3.63) is 59.2 Å².